The van der Waals surface area contributed by atoms with E-state index in [1.807, 2.05) is 13.8 Å². The molecule has 14 heavy (non-hydrogen) atoms. The molecule has 1 atom stereocenters. The standard InChI is InChI=1S/C10H20N2O2/c1-10(2,5-7-13)12-9(14)8-4-3-6-11-8/h8,11,13H,3-7H2,1-2H3,(H,12,14). The largest absolute Gasteiger partial charge is 0.396 e. The monoisotopic (exact) mass is 200 g/mol. The second kappa shape index (κ2) is 4.75. The van der Waals surface area contributed by atoms with Gasteiger partial charge < -0.3 is 15.7 Å². The fourth-order valence-corrected chi connectivity index (χ4v) is 1.67. The fourth-order valence-electron chi connectivity index (χ4n) is 1.67. The van der Waals surface area contributed by atoms with Crippen molar-refractivity contribution < 1.29 is 9.90 Å². The lowest BCUT2D eigenvalue weighted by atomic mass is 10.0. The average Bonchev–Trinajstić information content (AvgIpc) is 2.53. The van der Waals surface area contributed by atoms with Gasteiger partial charge in [0.15, 0.2) is 0 Å². The summed E-state index contributed by atoms with van der Waals surface area (Å²) in [6, 6.07) is -0.0343. The Morgan fingerprint density at radius 3 is 2.86 bits per heavy atom. The Morgan fingerprint density at radius 2 is 2.36 bits per heavy atom. The molecule has 4 heteroatoms. The Hall–Kier alpha value is -0.610. The lowest BCUT2D eigenvalue weighted by Gasteiger charge is -2.27. The lowest BCUT2D eigenvalue weighted by molar-refractivity contribution is -0.124. The maximum absolute atomic E-state index is 11.7. The second-order valence-electron chi connectivity index (χ2n) is 4.50. The first-order valence-corrected chi connectivity index (χ1v) is 5.21. The van der Waals surface area contributed by atoms with Crippen molar-refractivity contribution >= 4 is 5.91 Å². The van der Waals surface area contributed by atoms with Gasteiger partial charge in [-0.05, 0) is 39.7 Å². The topological polar surface area (TPSA) is 61.4 Å². The second-order valence-corrected chi connectivity index (χ2v) is 4.50. The Balaban J connectivity index is 2.38. The van der Waals surface area contributed by atoms with E-state index in [0.29, 0.717) is 6.42 Å². The summed E-state index contributed by atoms with van der Waals surface area (Å²) in [5, 5.41) is 14.9. The number of aliphatic hydroxyl groups excluding tert-OH is 1. The highest BCUT2D eigenvalue weighted by atomic mass is 16.3. The maximum Gasteiger partial charge on any atom is 0.237 e. The van der Waals surface area contributed by atoms with Gasteiger partial charge in [-0.25, -0.2) is 0 Å². The van der Waals surface area contributed by atoms with E-state index in [1.54, 1.807) is 0 Å². The first-order valence-electron chi connectivity index (χ1n) is 5.21. The van der Waals surface area contributed by atoms with E-state index in [-0.39, 0.29) is 24.1 Å². The molecule has 1 aliphatic rings. The van der Waals surface area contributed by atoms with Crippen LogP contribution in [0.25, 0.3) is 0 Å². The van der Waals surface area contributed by atoms with E-state index in [9.17, 15) is 4.79 Å². The predicted molar refractivity (Wildman–Crippen MR) is 54.9 cm³/mol. The summed E-state index contributed by atoms with van der Waals surface area (Å²) < 4.78 is 0. The molecule has 1 aliphatic heterocycles. The molecule has 3 N–H and O–H groups in total. The van der Waals surface area contributed by atoms with Gasteiger partial charge in [0.05, 0.1) is 6.04 Å². The summed E-state index contributed by atoms with van der Waals surface area (Å²) in [5.41, 5.74) is -0.309. The Bertz CT molecular complexity index is 198. The number of rotatable bonds is 4. The van der Waals surface area contributed by atoms with Gasteiger partial charge in [0.25, 0.3) is 0 Å². The van der Waals surface area contributed by atoms with Crippen molar-refractivity contribution in [2.75, 3.05) is 13.2 Å². The van der Waals surface area contributed by atoms with Crippen LogP contribution >= 0.6 is 0 Å². The average molecular weight is 200 g/mol. The zero-order valence-corrected chi connectivity index (χ0v) is 8.97. The van der Waals surface area contributed by atoms with Gasteiger partial charge in [-0.15, -0.1) is 0 Å². The molecule has 1 heterocycles. The normalized spacial score (nSPS) is 22.4. The van der Waals surface area contributed by atoms with Crippen LogP contribution in [-0.2, 0) is 4.79 Å². The third-order valence-electron chi connectivity index (χ3n) is 2.58. The molecule has 1 fully saturated rings. The van der Waals surface area contributed by atoms with Crippen molar-refractivity contribution in [1.82, 2.24) is 10.6 Å². The van der Waals surface area contributed by atoms with E-state index in [1.165, 1.54) is 0 Å². The molecule has 0 aromatic heterocycles. The number of carbonyl (C=O) groups is 1. The van der Waals surface area contributed by atoms with E-state index in [4.69, 9.17) is 5.11 Å². The summed E-state index contributed by atoms with van der Waals surface area (Å²) in [6.45, 7) is 4.88. The van der Waals surface area contributed by atoms with Crippen molar-refractivity contribution in [3.05, 3.63) is 0 Å². The minimum absolute atomic E-state index is 0.0343. The highest BCUT2D eigenvalue weighted by Gasteiger charge is 2.27. The molecule has 0 saturated carbocycles. The van der Waals surface area contributed by atoms with E-state index in [2.05, 4.69) is 10.6 Å². The van der Waals surface area contributed by atoms with Crippen LogP contribution < -0.4 is 10.6 Å². The van der Waals surface area contributed by atoms with Gasteiger partial charge in [0.2, 0.25) is 5.91 Å². The summed E-state index contributed by atoms with van der Waals surface area (Å²) in [4.78, 5) is 11.7. The zero-order valence-electron chi connectivity index (χ0n) is 8.97. The van der Waals surface area contributed by atoms with Gasteiger partial charge >= 0.3 is 0 Å². The van der Waals surface area contributed by atoms with Crippen LogP contribution in [0.15, 0.2) is 0 Å². The van der Waals surface area contributed by atoms with Gasteiger partial charge in [-0.3, -0.25) is 4.79 Å². The smallest absolute Gasteiger partial charge is 0.237 e. The zero-order chi connectivity index (χ0) is 10.6. The van der Waals surface area contributed by atoms with E-state index >= 15 is 0 Å². The van der Waals surface area contributed by atoms with Crippen LogP contribution in [0.1, 0.15) is 33.1 Å². The molecule has 1 amide bonds. The van der Waals surface area contributed by atoms with Crippen LogP contribution in [-0.4, -0.2) is 35.7 Å². The highest BCUT2D eigenvalue weighted by Crippen LogP contribution is 2.10. The third-order valence-corrected chi connectivity index (χ3v) is 2.58. The Labute approximate surface area is 85.1 Å². The molecular formula is C10H20N2O2. The summed E-state index contributed by atoms with van der Waals surface area (Å²) >= 11 is 0. The van der Waals surface area contributed by atoms with Gasteiger partial charge in [0, 0.05) is 12.1 Å². The molecule has 4 nitrogen and oxygen atoms in total. The molecule has 1 unspecified atom stereocenters. The molecule has 0 aliphatic carbocycles. The molecule has 0 aromatic carbocycles. The number of hydrogen-bond acceptors (Lipinski definition) is 3. The van der Waals surface area contributed by atoms with E-state index < -0.39 is 0 Å². The summed E-state index contributed by atoms with van der Waals surface area (Å²) in [5.74, 6) is 0.0564. The molecule has 0 aromatic rings. The SMILES string of the molecule is CC(C)(CCO)NC(=O)C1CCCN1. The predicted octanol–water partition coefficient (Wildman–Crippen LogP) is 0.0156. The van der Waals surface area contributed by atoms with E-state index in [0.717, 1.165) is 19.4 Å². The number of hydrogen-bond donors (Lipinski definition) is 3. The molecule has 82 valence electrons. The number of nitrogens with one attached hydrogen (secondary N) is 2. The molecule has 0 radical (unpaired) electrons. The number of amides is 1. The Kier molecular flexibility index (Phi) is 3.89. The molecule has 1 rings (SSSR count). The summed E-state index contributed by atoms with van der Waals surface area (Å²) in [6.07, 6.45) is 2.57. The first-order chi connectivity index (χ1) is 6.55. The number of carbonyl (C=O) groups excluding carboxylic acids is 1. The van der Waals surface area contributed by atoms with Crippen LogP contribution in [0.2, 0.25) is 0 Å². The lowest BCUT2D eigenvalue weighted by Crippen LogP contribution is -2.50. The quantitative estimate of drug-likeness (QED) is 0.599. The fraction of sp³-hybridized carbons (Fsp3) is 0.900. The highest BCUT2D eigenvalue weighted by molar-refractivity contribution is 5.82. The summed E-state index contributed by atoms with van der Waals surface area (Å²) in [7, 11) is 0. The first kappa shape index (κ1) is 11.5. The van der Waals surface area contributed by atoms with Gasteiger partial charge in [-0.1, -0.05) is 0 Å². The maximum atomic E-state index is 11.7. The molecule has 0 spiro atoms. The van der Waals surface area contributed by atoms with Crippen molar-refractivity contribution in [2.24, 2.45) is 0 Å². The van der Waals surface area contributed by atoms with Crippen LogP contribution in [0.5, 0.6) is 0 Å². The molecule has 0 bridgehead atoms. The van der Waals surface area contributed by atoms with Gasteiger partial charge in [-0.2, -0.15) is 0 Å². The minimum Gasteiger partial charge on any atom is -0.396 e. The number of aliphatic hydroxyl groups is 1. The molecular weight excluding hydrogens is 180 g/mol. The van der Waals surface area contributed by atoms with Crippen molar-refractivity contribution in [2.45, 2.75) is 44.7 Å². The van der Waals surface area contributed by atoms with Crippen molar-refractivity contribution in [1.29, 1.82) is 0 Å². The third kappa shape index (κ3) is 3.27. The van der Waals surface area contributed by atoms with Crippen LogP contribution in [0.3, 0.4) is 0 Å². The van der Waals surface area contributed by atoms with Gasteiger partial charge in [0.1, 0.15) is 0 Å². The van der Waals surface area contributed by atoms with Crippen LogP contribution in [0, 0.1) is 0 Å². The van der Waals surface area contributed by atoms with Crippen LogP contribution in [0.4, 0.5) is 0 Å². The molecule has 1 saturated heterocycles. The minimum atomic E-state index is -0.309. The Morgan fingerprint density at radius 1 is 1.64 bits per heavy atom. The van der Waals surface area contributed by atoms with Crippen molar-refractivity contribution in [3.63, 3.8) is 0 Å². The van der Waals surface area contributed by atoms with Crippen molar-refractivity contribution in [3.8, 4) is 0 Å².